The minimum atomic E-state index is -0.787. The highest BCUT2D eigenvalue weighted by Crippen LogP contribution is 2.66. The maximum Gasteiger partial charge on any atom is 0.248 e. The molecule has 3 aliphatic heterocycles. The van der Waals surface area contributed by atoms with Crippen LogP contribution in [0.25, 0.3) is 0 Å². The number of hydrogen-bond donors (Lipinski definition) is 3. The Morgan fingerprint density at radius 1 is 1.15 bits per heavy atom. The van der Waals surface area contributed by atoms with Gasteiger partial charge < -0.3 is 25.4 Å². The molecule has 9 heteroatoms. The lowest BCUT2D eigenvalue weighted by molar-refractivity contribution is -0.143. The van der Waals surface area contributed by atoms with E-state index >= 15 is 0 Å². The van der Waals surface area contributed by atoms with Crippen LogP contribution in [0, 0.1) is 17.8 Å². The molecule has 5 rings (SSSR count). The van der Waals surface area contributed by atoms with E-state index < -0.39 is 28.7 Å². The van der Waals surface area contributed by atoms with E-state index in [1.54, 1.807) is 48.0 Å². The molecule has 7 atom stereocenters. The first kappa shape index (κ1) is 27.5. The molecule has 8 nitrogen and oxygen atoms in total. The SMILES string of the molecule is CC[C@H](C)[C@H](CO)N1C(=O)[C@@H]2[C@H](C(=O)NCc3ccccc3)[C@@H]3CCC2(S3)C1C(=O)Nc1ccc(OC)cc1. The summed E-state index contributed by atoms with van der Waals surface area (Å²) < 4.78 is 4.52. The fourth-order valence-electron chi connectivity index (χ4n) is 6.65. The van der Waals surface area contributed by atoms with Gasteiger partial charge in [-0.3, -0.25) is 14.4 Å². The molecule has 0 saturated carbocycles. The average molecular weight is 552 g/mol. The molecule has 2 bridgehead atoms. The van der Waals surface area contributed by atoms with E-state index in [1.165, 1.54) is 0 Å². The van der Waals surface area contributed by atoms with E-state index in [1.807, 2.05) is 44.2 Å². The number of nitrogens with one attached hydrogen (secondary N) is 2. The van der Waals surface area contributed by atoms with Crippen molar-refractivity contribution >= 4 is 35.2 Å². The van der Waals surface area contributed by atoms with Gasteiger partial charge in [-0.05, 0) is 48.6 Å². The fraction of sp³-hybridized carbons (Fsp3) is 0.500. The molecule has 3 amide bonds. The predicted octanol–water partition coefficient (Wildman–Crippen LogP) is 3.45. The number of benzene rings is 2. The lowest BCUT2D eigenvalue weighted by atomic mass is 9.70. The molecule has 1 spiro atoms. The highest BCUT2D eigenvalue weighted by molar-refractivity contribution is 8.02. The Balaban J connectivity index is 1.46. The number of hydrogen-bond acceptors (Lipinski definition) is 6. The van der Waals surface area contributed by atoms with Gasteiger partial charge in [-0.15, -0.1) is 11.8 Å². The smallest absolute Gasteiger partial charge is 0.248 e. The summed E-state index contributed by atoms with van der Waals surface area (Å²) in [5.74, 6) is -1.08. The fourth-order valence-corrected chi connectivity index (χ4v) is 8.86. The van der Waals surface area contributed by atoms with E-state index in [2.05, 4.69) is 10.6 Å². The highest BCUT2D eigenvalue weighted by Gasteiger charge is 2.74. The first-order valence-electron chi connectivity index (χ1n) is 13.7. The molecule has 2 aromatic carbocycles. The monoisotopic (exact) mass is 551 g/mol. The third kappa shape index (κ3) is 4.80. The number of aliphatic hydroxyl groups excluding tert-OH is 1. The van der Waals surface area contributed by atoms with Crippen molar-refractivity contribution in [2.24, 2.45) is 17.8 Å². The number of ether oxygens (including phenoxy) is 1. The number of anilines is 1. The lowest BCUT2D eigenvalue weighted by Gasteiger charge is -2.39. The van der Waals surface area contributed by atoms with Gasteiger partial charge in [-0.2, -0.15) is 0 Å². The lowest BCUT2D eigenvalue weighted by Crippen LogP contribution is -2.56. The van der Waals surface area contributed by atoms with Crippen molar-refractivity contribution in [1.82, 2.24) is 10.2 Å². The highest BCUT2D eigenvalue weighted by atomic mass is 32.2. The number of methoxy groups -OCH3 is 1. The predicted molar refractivity (Wildman–Crippen MR) is 151 cm³/mol. The van der Waals surface area contributed by atoms with Crippen LogP contribution >= 0.6 is 11.8 Å². The molecule has 2 unspecified atom stereocenters. The van der Waals surface area contributed by atoms with Crippen LogP contribution in [0.2, 0.25) is 0 Å². The molecule has 3 saturated heterocycles. The summed E-state index contributed by atoms with van der Waals surface area (Å²) in [6, 6.07) is 15.5. The summed E-state index contributed by atoms with van der Waals surface area (Å²) in [6.45, 7) is 4.15. The van der Waals surface area contributed by atoms with E-state index in [0.717, 1.165) is 18.4 Å². The van der Waals surface area contributed by atoms with Crippen molar-refractivity contribution in [3.8, 4) is 5.75 Å². The Bertz CT molecular complexity index is 1210. The molecule has 208 valence electrons. The van der Waals surface area contributed by atoms with Crippen molar-refractivity contribution in [3.05, 3.63) is 60.2 Å². The van der Waals surface area contributed by atoms with Crippen molar-refractivity contribution in [1.29, 1.82) is 0 Å². The van der Waals surface area contributed by atoms with Crippen LogP contribution in [0.4, 0.5) is 5.69 Å². The summed E-state index contributed by atoms with van der Waals surface area (Å²) in [4.78, 5) is 43.5. The second-order valence-corrected chi connectivity index (χ2v) is 12.5. The molecule has 3 N–H and O–H groups in total. The summed E-state index contributed by atoms with van der Waals surface area (Å²) in [5, 5.41) is 16.5. The van der Waals surface area contributed by atoms with Gasteiger partial charge in [0.25, 0.3) is 0 Å². The third-order valence-electron chi connectivity index (χ3n) is 8.80. The Morgan fingerprint density at radius 3 is 2.51 bits per heavy atom. The van der Waals surface area contributed by atoms with Crippen LogP contribution in [-0.2, 0) is 20.9 Å². The van der Waals surface area contributed by atoms with Crippen LogP contribution in [0.3, 0.4) is 0 Å². The van der Waals surface area contributed by atoms with Crippen LogP contribution in [0.15, 0.2) is 54.6 Å². The molecule has 2 aromatic rings. The number of nitrogens with zero attached hydrogens (tertiary/aromatic N) is 1. The Hall–Kier alpha value is -3.04. The molecule has 3 fully saturated rings. The quantitative estimate of drug-likeness (QED) is 0.418. The zero-order chi connectivity index (χ0) is 27.7. The maximum atomic E-state index is 14.3. The van der Waals surface area contributed by atoms with Gasteiger partial charge >= 0.3 is 0 Å². The zero-order valence-electron chi connectivity index (χ0n) is 22.6. The number of likely N-dealkylation sites (tertiary alicyclic amines) is 1. The van der Waals surface area contributed by atoms with Crippen LogP contribution in [0.5, 0.6) is 5.75 Å². The van der Waals surface area contributed by atoms with Gasteiger partial charge in [-0.25, -0.2) is 0 Å². The summed E-state index contributed by atoms with van der Waals surface area (Å²) in [6.07, 6.45) is 2.19. The van der Waals surface area contributed by atoms with Gasteiger partial charge in [0.1, 0.15) is 11.8 Å². The Morgan fingerprint density at radius 2 is 1.87 bits per heavy atom. The molecule has 0 aromatic heterocycles. The number of rotatable bonds is 10. The van der Waals surface area contributed by atoms with E-state index in [9.17, 15) is 19.5 Å². The maximum absolute atomic E-state index is 14.3. The molecular formula is C30H37N3O5S. The van der Waals surface area contributed by atoms with Crippen molar-refractivity contribution in [2.75, 3.05) is 19.0 Å². The van der Waals surface area contributed by atoms with E-state index in [-0.39, 0.29) is 35.5 Å². The topological polar surface area (TPSA) is 108 Å². The molecule has 3 heterocycles. The second-order valence-electron chi connectivity index (χ2n) is 10.9. The van der Waals surface area contributed by atoms with Gasteiger partial charge in [-0.1, -0.05) is 50.6 Å². The summed E-state index contributed by atoms with van der Waals surface area (Å²) in [7, 11) is 1.58. The molecule has 0 aliphatic carbocycles. The van der Waals surface area contributed by atoms with Gasteiger partial charge in [0.15, 0.2) is 0 Å². The standard InChI is InChI=1S/C30H37N3O5S/c1-4-18(2)22(17-34)33-26(28(36)32-20-10-12-21(38-3)13-11-20)30-15-14-23(39-30)24(25(30)29(33)37)27(35)31-16-19-8-6-5-7-9-19/h5-13,18,22-26,34H,4,14-17H2,1-3H3,(H,31,35)(H,32,36)/t18-,22-,23-,24+,25-,26?,30?/m0/s1. The van der Waals surface area contributed by atoms with E-state index in [0.29, 0.717) is 24.4 Å². The van der Waals surface area contributed by atoms with Crippen molar-refractivity contribution in [3.63, 3.8) is 0 Å². The number of aliphatic hydroxyl groups is 1. The minimum absolute atomic E-state index is 0.0157. The zero-order valence-corrected chi connectivity index (χ0v) is 23.4. The molecule has 3 aliphatic rings. The van der Waals surface area contributed by atoms with Crippen molar-refractivity contribution < 1.29 is 24.2 Å². The summed E-state index contributed by atoms with van der Waals surface area (Å²) in [5.41, 5.74) is 1.59. The first-order chi connectivity index (χ1) is 18.8. The second kappa shape index (κ2) is 11.2. The molecule has 0 radical (unpaired) electrons. The molecular weight excluding hydrogens is 514 g/mol. The average Bonchev–Trinajstić information content (AvgIpc) is 3.60. The van der Waals surface area contributed by atoms with Crippen LogP contribution < -0.4 is 15.4 Å². The van der Waals surface area contributed by atoms with E-state index in [4.69, 9.17) is 4.74 Å². The Kier molecular flexibility index (Phi) is 7.91. The van der Waals surface area contributed by atoms with Gasteiger partial charge in [0.05, 0.1) is 36.3 Å². The molecule has 39 heavy (non-hydrogen) atoms. The van der Waals surface area contributed by atoms with Crippen LogP contribution in [-0.4, -0.2) is 63.5 Å². The Labute approximate surface area is 233 Å². The number of thioether (sulfide) groups is 1. The summed E-state index contributed by atoms with van der Waals surface area (Å²) >= 11 is 1.63. The first-order valence-corrected chi connectivity index (χ1v) is 14.6. The number of fused-ring (bicyclic) bond motifs is 1. The van der Waals surface area contributed by atoms with Gasteiger partial charge in [0.2, 0.25) is 17.7 Å². The number of carbonyl (C=O) groups excluding carboxylic acids is 3. The third-order valence-corrected chi connectivity index (χ3v) is 10.8. The largest absolute Gasteiger partial charge is 0.497 e. The number of amides is 3. The normalized spacial score (nSPS) is 28.6. The minimum Gasteiger partial charge on any atom is -0.497 e. The van der Waals surface area contributed by atoms with Crippen molar-refractivity contribution in [2.45, 2.75) is 61.7 Å². The van der Waals surface area contributed by atoms with Gasteiger partial charge in [0, 0.05) is 17.5 Å². The number of carbonyl (C=O) groups is 3. The van der Waals surface area contributed by atoms with Crippen LogP contribution in [0.1, 0.15) is 38.7 Å².